The molecule has 2 unspecified atom stereocenters. The average Bonchev–Trinajstić information content (AvgIpc) is 3.12. The molecule has 2 aliphatic rings. The lowest BCUT2D eigenvalue weighted by molar-refractivity contribution is 0.193. The Labute approximate surface area is 138 Å². The van der Waals surface area contributed by atoms with Gasteiger partial charge in [0.15, 0.2) is 5.82 Å². The summed E-state index contributed by atoms with van der Waals surface area (Å²) in [6, 6.07) is 6.11. The molecule has 5 nitrogen and oxygen atoms in total. The molecule has 1 aliphatic carbocycles. The number of anilines is 1. The van der Waals surface area contributed by atoms with Crippen molar-refractivity contribution in [1.29, 1.82) is 0 Å². The number of hydrogen-bond donors (Lipinski definition) is 1. The predicted molar refractivity (Wildman–Crippen MR) is 90.0 cm³/mol. The van der Waals surface area contributed by atoms with Crippen molar-refractivity contribution in [1.82, 2.24) is 14.4 Å². The highest BCUT2D eigenvalue weighted by atomic mass is 35.5. The maximum atomic E-state index is 10.2. The molecule has 2 fully saturated rings. The molecule has 2 atom stereocenters. The highest BCUT2D eigenvalue weighted by molar-refractivity contribution is 6.31. The van der Waals surface area contributed by atoms with Gasteiger partial charge >= 0.3 is 0 Å². The number of aromatic nitrogens is 3. The van der Waals surface area contributed by atoms with Gasteiger partial charge in [0.05, 0.1) is 29.7 Å². The Kier molecular flexibility index (Phi) is 2.85. The zero-order chi connectivity index (χ0) is 15.6. The van der Waals surface area contributed by atoms with Gasteiger partial charge in [-0.05, 0) is 43.4 Å². The Hall–Kier alpha value is -1.85. The van der Waals surface area contributed by atoms with E-state index in [4.69, 9.17) is 16.6 Å². The van der Waals surface area contributed by atoms with Gasteiger partial charge in [-0.25, -0.2) is 9.97 Å². The number of aliphatic hydroxyl groups is 1. The first-order valence-corrected chi connectivity index (χ1v) is 8.44. The number of hydrogen-bond acceptors (Lipinski definition) is 4. The first-order chi connectivity index (χ1) is 11.2. The van der Waals surface area contributed by atoms with Crippen molar-refractivity contribution in [2.45, 2.75) is 31.4 Å². The second kappa shape index (κ2) is 4.82. The molecule has 0 bridgehead atoms. The van der Waals surface area contributed by atoms with Crippen LogP contribution in [-0.4, -0.2) is 38.2 Å². The molecule has 118 valence electrons. The van der Waals surface area contributed by atoms with Gasteiger partial charge in [0.25, 0.3) is 0 Å². The fourth-order valence-corrected chi connectivity index (χ4v) is 4.00. The van der Waals surface area contributed by atoms with Crippen molar-refractivity contribution < 1.29 is 5.11 Å². The van der Waals surface area contributed by atoms with Crippen LogP contribution in [0.4, 0.5) is 5.82 Å². The van der Waals surface area contributed by atoms with E-state index in [1.165, 1.54) is 12.8 Å². The Morgan fingerprint density at radius 3 is 2.91 bits per heavy atom. The van der Waals surface area contributed by atoms with E-state index in [0.29, 0.717) is 23.5 Å². The summed E-state index contributed by atoms with van der Waals surface area (Å²) >= 11 is 6.14. The quantitative estimate of drug-likeness (QED) is 0.786. The van der Waals surface area contributed by atoms with E-state index in [2.05, 4.69) is 9.88 Å². The summed E-state index contributed by atoms with van der Waals surface area (Å²) in [4.78, 5) is 11.5. The van der Waals surface area contributed by atoms with Gasteiger partial charge in [-0.1, -0.05) is 11.6 Å². The molecule has 1 aromatic carbocycles. The van der Waals surface area contributed by atoms with Crippen molar-refractivity contribution in [3.63, 3.8) is 0 Å². The fraction of sp³-hybridized carbons (Fsp3) is 0.412. The van der Waals surface area contributed by atoms with Gasteiger partial charge in [-0.15, -0.1) is 0 Å². The minimum Gasteiger partial charge on any atom is -0.391 e. The molecule has 23 heavy (non-hydrogen) atoms. The molecule has 0 amide bonds. The molecule has 1 aliphatic heterocycles. The summed E-state index contributed by atoms with van der Waals surface area (Å²) < 4.78 is 2.04. The third kappa shape index (κ3) is 2.11. The Morgan fingerprint density at radius 2 is 2.09 bits per heavy atom. The first kappa shape index (κ1) is 13.6. The average molecular weight is 329 g/mol. The van der Waals surface area contributed by atoms with Crippen molar-refractivity contribution in [3.8, 4) is 0 Å². The fourth-order valence-electron chi connectivity index (χ4n) is 3.83. The number of benzene rings is 1. The number of aliphatic hydroxyl groups excluding tert-OH is 1. The Morgan fingerprint density at radius 1 is 1.22 bits per heavy atom. The molecule has 3 aromatic rings. The standard InChI is InChI=1S/C17H17ClN4O/c18-11-3-4-13-15(5-11)22-9-19-7-16(22)17(20-13)21-8-12(23)6-14(21)10-1-2-10/h3-5,7,9-10,12,14,23H,1-2,6,8H2. The maximum Gasteiger partial charge on any atom is 0.155 e. The summed E-state index contributed by atoms with van der Waals surface area (Å²) in [6.07, 6.45) is 6.73. The van der Waals surface area contributed by atoms with Gasteiger partial charge in [0.2, 0.25) is 0 Å². The third-order valence-corrected chi connectivity index (χ3v) is 5.29. The Bertz CT molecular complexity index is 904. The van der Waals surface area contributed by atoms with E-state index >= 15 is 0 Å². The zero-order valence-electron chi connectivity index (χ0n) is 12.6. The van der Waals surface area contributed by atoms with E-state index in [1.54, 1.807) is 6.33 Å². The van der Waals surface area contributed by atoms with Crippen LogP contribution in [0.5, 0.6) is 0 Å². The van der Waals surface area contributed by atoms with E-state index in [9.17, 15) is 5.11 Å². The van der Waals surface area contributed by atoms with Crippen molar-refractivity contribution in [2.24, 2.45) is 5.92 Å². The second-order valence-corrected chi connectivity index (χ2v) is 7.10. The van der Waals surface area contributed by atoms with Gasteiger partial charge in [0, 0.05) is 17.6 Å². The largest absolute Gasteiger partial charge is 0.391 e. The predicted octanol–water partition coefficient (Wildman–Crippen LogP) is 2.89. The summed E-state index contributed by atoms with van der Waals surface area (Å²) in [6.45, 7) is 0.647. The smallest absolute Gasteiger partial charge is 0.155 e. The van der Waals surface area contributed by atoms with Crippen LogP contribution in [0.15, 0.2) is 30.7 Å². The molecule has 6 heteroatoms. The zero-order valence-corrected chi connectivity index (χ0v) is 13.3. The number of imidazole rings is 1. The lowest BCUT2D eigenvalue weighted by Gasteiger charge is -2.26. The summed E-state index contributed by atoms with van der Waals surface area (Å²) in [5.41, 5.74) is 2.82. The highest BCUT2D eigenvalue weighted by Crippen LogP contribution is 2.42. The van der Waals surface area contributed by atoms with E-state index in [0.717, 1.165) is 28.8 Å². The number of halogens is 1. The third-order valence-electron chi connectivity index (χ3n) is 5.05. The number of rotatable bonds is 2. The molecule has 5 rings (SSSR count). The van der Waals surface area contributed by atoms with Crippen LogP contribution in [0.1, 0.15) is 19.3 Å². The normalized spacial score (nSPS) is 24.9. The molecular weight excluding hydrogens is 312 g/mol. The van der Waals surface area contributed by atoms with Crippen molar-refractivity contribution in [3.05, 3.63) is 35.7 Å². The molecule has 1 N–H and O–H groups in total. The summed E-state index contributed by atoms with van der Waals surface area (Å²) in [5, 5.41) is 10.9. The molecular formula is C17H17ClN4O. The summed E-state index contributed by atoms with van der Waals surface area (Å²) in [7, 11) is 0. The van der Waals surface area contributed by atoms with Crippen LogP contribution < -0.4 is 4.90 Å². The van der Waals surface area contributed by atoms with Crippen molar-refractivity contribution >= 4 is 34.0 Å². The van der Waals surface area contributed by atoms with E-state index < -0.39 is 0 Å². The van der Waals surface area contributed by atoms with Gasteiger partial charge in [0.1, 0.15) is 5.52 Å². The molecule has 2 aromatic heterocycles. The van der Waals surface area contributed by atoms with Crippen LogP contribution in [-0.2, 0) is 0 Å². The van der Waals surface area contributed by atoms with Crippen molar-refractivity contribution in [2.75, 3.05) is 11.4 Å². The first-order valence-electron chi connectivity index (χ1n) is 8.07. The minimum atomic E-state index is -0.272. The highest BCUT2D eigenvalue weighted by Gasteiger charge is 2.42. The van der Waals surface area contributed by atoms with Gasteiger partial charge < -0.3 is 10.0 Å². The number of fused-ring (bicyclic) bond motifs is 3. The van der Waals surface area contributed by atoms with Crippen LogP contribution in [0.3, 0.4) is 0 Å². The monoisotopic (exact) mass is 328 g/mol. The maximum absolute atomic E-state index is 10.2. The SMILES string of the molecule is OC1CC(C2CC2)N(c2nc3ccc(Cl)cc3n3cncc23)C1. The molecule has 3 heterocycles. The second-order valence-electron chi connectivity index (χ2n) is 6.66. The molecule has 0 spiro atoms. The van der Waals surface area contributed by atoms with Gasteiger partial charge in [-0.2, -0.15) is 0 Å². The molecule has 1 saturated heterocycles. The number of β-amino-alcohol motifs (C(OH)–C–C–N with tert-alkyl or cyclic N) is 1. The molecule has 0 radical (unpaired) electrons. The lowest BCUT2D eigenvalue weighted by atomic mass is 10.1. The molecule has 1 saturated carbocycles. The Balaban J connectivity index is 1.73. The van der Waals surface area contributed by atoms with Gasteiger partial charge in [-0.3, -0.25) is 4.40 Å². The van der Waals surface area contributed by atoms with E-state index in [1.807, 2.05) is 28.8 Å². The van der Waals surface area contributed by atoms with E-state index in [-0.39, 0.29) is 6.10 Å². The lowest BCUT2D eigenvalue weighted by Crippen LogP contribution is -2.32. The summed E-state index contributed by atoms with van der Waals surface area (Å²) in [5.74, 6) is 1.61. The van der Waals surface area contributed by atoms with Crippen LogP contribution in [0.25, 0.3) is 16.6 Å². The number of nitrogens with zero attached hydrogens (tertiary/aromatic N) is 4. The minimum absolute atomic E-state index is 0.272. The topological polar surface area (TPSA) is 53.7 Å². The van der Waals surface area contributed by atoms with Crippen LogP contribution in [0.2, 0.25) is 5.02 Å². The van der Waals surface area contributed by atoms with Crippen LogP contribution in [0, 0.1) is 5.92 Å². The van der Waals surface area contributed by atoms with Crippen LogP contribution >= 0.6 is 11.6 Å².